The SMILES string of the molecule is CC(C)C[C@H](CC(=O)[C@H](Cc1ccccc1)NC(=O)c1cnccn1)B1OC(=O)CN(C)[C@H](C)C(=O)O1. The van der Waals surface area contributed by atoms with Gasteiger partial charge in [-0.25, -0.2) is 4.98 Å². The monoisotopic (exact) mass is 508 g/mol. The van der Waals surface area contributed by atoms with Gasteiger partial charge in [0.05, 0.1) is 18.8 Å². The minimum Gasteiger partial charge on any atom is -0.498 e. The van der Waals surface area contributed by atoms with E-state index in [9.17, 15) is 19.2 Å². The molecule has 3 rings (SSSR count). The number of rotatable bonds is 10. The Hall–Kier alpha value is -3.60. The van der Waals surface area contributed by atoms with Crippen LogP contribution < -0.4 is 5.32 Å². The molecule has 1 aromatic carbocycles. The Morgan fingerprint density at radius 3 is 2.54 bits per heavy atom. The van der Waals surface area contributed by atoms with Gasteiger partial charge in [0.25, 0.3) is 5.91 Å². The molecule has 11 heteroatoms. The summed E-state index contributed by atoms with van der Waals surface area (Å²) in [4.78, 5) is 61.1. The van der Waals surface area contributed by atoms with Crippen LogP contribution >= 0.6 is 0 Å². The van der Waals surface area contributed by atoms with Crippen molar-refractivity contribution in [3.63, 3.8) is 0 Å². The maximum Gasteiger partial charge on any atom is 0.602 e. The molecule has 1 saturated heterocycles. The third-order valence-electron chi connectivity index (χ3n) is 6.26. The van der Waals surface area contributed by atoms with Gasteiger partial charge in [-0.1, -0.05) is 44.2 Å². The molecule has 0 unspecified atom stereocenters. The van der Waals surface area contributed by atoms with Gasteiger partial charge in [0.1, 0.15) is 11.7 Å². The number of carbonyl (C=O) groups is 4. The summed E-state index contributed by atoms with van der Waals surface area (Å²) in [6.45, 7) is 5.52. The highest BCUT2D eigenvalue weighted by molar-refractivity contribution is 6.51. The molecule has 1 N–H and O–H groups in total. The topological polar surface area (TPSA) is 128 Å². The summed E-state index contributed by atoms with van der Waals surface area (Å²) in [5, 5.41) is 2.78. The second kappa shape index (κ2) is 13.1. The third-order valence-corrected chi connectivity index (χ3v) is 6.26. The van der Waals surface area contributed by atoms with Crippen molar-refractivity contribution in [1.82, 2.24) is 20.2 Å². The fraction of sp³-hybridized carbons (Fsp3) is 0.462. The summed E-state index contributed by atoms with van der Waals surface area (Å²) in [5.74, 6) is -2.32. The number of likely N-dealkylation sites (N-methyl/N-ethyl adjacent to an activating group) is 1. The van der Waals surface area contributed by atoms with Gasteiger partial charge in [-0.2, -0.15) is 0 Å². The molecule has 0 aliphatic carbocycles. The van der Waals surface area contributed by atoms with E-state index in [2.05, 4.69) is 15.3 Å². The summed E-state index contributed by atoms with van der Waals surface area (Å²) >= 11 is 0. The molecule has 2 heterocycles. The van der Waals surface area contributed by atoms with Crippen molar-refractivity contribution in [2.45, 2.75) is 57.9 Å². The molecule has 0 bridgehead atoms. The van der Waals surface area contributed by atoms with Crippen LogP contribution in [0, 0.1) is 5.92 Å². The number of hydrogen-bond donors (Lipinski definition) is 1. The van der Waals surface area contributed by atoms with Gasteiger partial charge in [0, 0.05) is 24.6 Å². The predicted octanol–water partition coefficient (Wildman–Crippen LogP) is 2.10. The zero-order valence-electron chi connectivity index (χ0n) is 21.6. The number of nitrogens with zero attached hydrogens (tertiary/aromatic N) is 3. The molecule has 2 aromatic rings. The number of benzene rings is 1. The first kappa shape index (κ1) is 28.0. The fourth-order valence-electron chi connectivity index (χ4n) is 4.16. The summed E-state index contributed by atoms with van der Waals surface area (Å²) in [6, 6.07) is 7.81. The lowest BCUT2D eigenvalue weighted by Crippen LogP contribution is -2.50. The molecule has 10 nitrogen and oxygen atoms in total. The molecule has 37 heavy (non-hydrogen) atoms. The van der Waals surface area contributed by atoms with E-state index in [0.29, 0.717) is 6.42 Å². The minimum atomic E-state index is -1.20. The number of ketones is 1. The maximum atomic E-state index is 13.6. The highest BCUT2D eigenvalue weighted by Gasteiger charge is 2.43. The first-order valence-electron chi connectivity index (χ1n) is 12.4. The minimum absolute atomic E-state index is 0.0636. The van der Waals surface area contributed by atoms with Crippen molar-refractivity contribution >= 4 is 30.7 Å². The van der Waals surface area contributed by atoms with Gasteiger partial charge in [-0.15, -0.1) is 0 Å². The molecule has 1 aliphatic rings. The van der Waals surface area contributed by atoms with Crippen LogP contribution in [0.4, 0.5) is 0 Å². The summed E-state index contributed by atoms with van der Waals surface area (Å²) in [7, 11) is 0.437. The van der Waals surface area contributed by atoms with Crippen LogP contribution in [0.2, 0.25) is 5.82 Å². The standard InChI is InChI=1S/C26H33BN4O6/c1-17(2)12-20(27-36-24(33)16-31(4)18(3)26(35)37-27)14-23(32)21(13-19-8-6-5-7-9-19)30-25(34)22-15-28-10-11-29-22/h5-11,15,17-18,20-21H,12-14,16H2,1-4H3,(H,30,34)/t18-,20-,21+/m1/s1. The Bertz CT molecular complexity index is 1080. The average molecular weight is 508 g/mol. The molecule has 0 radical (unpaired) electrons. The van der Waals surface area contributed by atoms with Crippen LogP contribution in [-0.2, 0) is 30.1 Å². The Morgan fingerprint density at radius 1 is 1.16 bits per heavy atom. The molecule has 1 fully saturated rings. The van der Waals surface area contributed by atoms with Gasteiger partial charge in [-0.05, 0) is 38.3 Å². The van der Waals surface area contributed by atoms with Crippen molar-refractivity contribution < 1.29 is 28.5 Å². The van der Waals surface area contributed by atoms with Crippen LogP contribution in [-0.4, -0.2) is 71.3 Å². The zero-order valence-corrected chi connectivity index (χ0v) is 21.6. The maximum absolute atomic E-state index is 13.6. The highest BCUT2D eigenvalue weighted by atomic mass is 16.6. The summed E-state index contributed by atoms with van der Waals surface area (Å²) in [5.41, 5.74) is 0.953. The lowest BCUT2D eigenvalue weighted by molar-refractivity contribution is -0.149. The lowest BCUT2D eigenvalue weighted by Gasteiger charge is -2.31. The van der Waals surface area contributed by atoms with Gasteiger partial charge in [0.2, 0.25) is 0 Å². The number of aromatic nitrogens is 2. The molecular weight excluding hydrogens is 475 g/mol. The molecule has 1 amide bonds. The van der Waals surface area contributed by atoms with E-state index in [-0.39, 0.29) is 36.8 Å². The molecule has 1 aromatic heterocycles. The number of nitrogens with one attached hydrogen (secondary N) is 1. The van der Waals surface area contributed by atoms with E-state index in [1.807, 2.05) is 44.2 Å². The first-order valence-corrected chi connectivity index (χ1v) is 12.4. The smallest absolute Gasteiger partial charge is 0.498 e. The zero-order chi connectivity index (χ0) is 26.9. The first-order chi connectivity index (χ1) is 17.6. The van der Waals surface area contributed by atoms with E-state index >= 15 is 0 Å². The van der Waals surface area contributed by atoms with Gasteiger partial charge in [0.15, 0.2) is 5.78 Å². The van der Waals surface area contributed by atoms with Crippen molar-refractivity contribution in [2.24, 2.45) is 5.92 Å². The van der Waals surface area contributed by atoms with Crippen LogP contribution in [0.3, 0.4) is 0 Å². The van der Waals surface area contributed by atoms with Crippen molar-refractivity contribution in [3.05, 3.63) is 60.2 Å². The second-order valence-electron chi connectivity index (χ2n) is 9.75. The van der Waals surface area contributed by atoms with Crippen molar-refractivity contribution in [2.75, 3.05) is 13.6 Å². The molecule has 0 spiro atoms. The lowest BCUT2D eigenvalue weighted by atomic mass is 9.64. The van der Waals surface area contributed by atoms with Crippen molar-refractivity contribution in [3.8, 4) is 0 Å². The van der Waals surface area contributed by atoms with E-state index in [0.717, 1.165) is 5.56 Å². The van der Waals surface area contributed by atoms with Gasteiger partial charge >= 0.3 is 19.1 Å². The number of carbonyl (C=O) groups excluding carboxylic acids is 4. The van der Waals surface area contributed by atoms with Gasteiger partial charge in [-0.3, -0.25) is 29.1 Å². The quantitative estimate of drug-likeness (QED) is 0.480. The molecule has 196 valence electrons. The van der Waals surface area contributed by atoms with Crippen LogP contribution in [0.25, 0.3) is 0 Å². The molecule has 1 aliphatic heterocycles. The summed E-state index contributed by atoms with van der Waals surface area (Å²) in [6.07, 6.45) is 4.84. The third kappa shape index (κ3) is 8.21. The fourth-order valence-corrected chi connectivity index (χ4v) is 4.16. The molecule has 3 atom stereocenters. The van der Waals surface area contributed by atoms with Gasteiger partial charge < -0.3 is 14.6 Å². The molecule has 0 saturated carbocycles. The van der Waals surface area contributed by atoms with Crippen LogP contribution in [0.5, 0.6) is 0 Å². The number of hydrogen-bond acceptors (Lipinski definition) is 9. The Kier molecular flexibility index (Phi) is 9.90. The van der Waals surface area contributed by atoms with E-state index in [1.54, 1.807) is 18.9 Å². The predicted molar refractivity (Wildman–Crippen MR) is 136 cm³/mol. The Morgan fingerprint density at radius 2 is 1.89 bits per heavy atom. The highest BCUT2D eigenvalue weighted by Crippen LogP contribution is 2.29. The normalized spacial score (nSPS) is 18.3. The number of amides is 1. The summed E-state index contributed by atoms with van der Waals surface area (Å²) < 4.78 is 11.1. The average Bonchev–Trinajstić information content (AvgIpc) is 2.87. The van der Waals surface area contributed by atoms with Crippen LogP contribution in [0.15, 0.2) is 48.9 Å². The van der Waals surface area contributed by atoms with Crippen molar-refractivity contribution in [1.29, 1.82) is 0 Å². The van der Waals surface area contributed by atoms with E-state index in [4.69, 9.17) is 9.31 Å². The number of Topliss-reactive ketones (excluding diaryl/α,β-unsaturated/α-hetero) is 1. The van der Waals surface area contributed by atoms with Crippen LogP contribution in [0.1, 0.15) is 49.7 Å². The second-order valence-corrected chi connectivity index (χ2v) is 9.75. The molecular formula is C26H33BN4O6. The Balaban J connectivity index is 1.83. The largest absolute Gasteiger partial charge is 0.602 e. The Labute approximate surface area is 217 Å². The van der Waals surface area contributed by atoms with E-state index < -0.39 is 42.9 Å². The van der Waals surface area contributed by atoms with E-state index in [1.165, 1.54) is 18.6 Å².